The molecule has 3 aromatic carbocycles. The average molecular weight is 370 g/mol. The maximum atomic E-state index is 12.4. The molecule has 2 heteroatoms. The molecule has 0 heterocycles. The third-order valence-corrected chi connectivity index (χ3v) is 4.84. The van der Waals surface area contributed by atoms with Crippen molar-refractivity contribution in [2.75, 3.05) is 0 Å². The van der Waals surface area contributed by atoms with Gasteiger partial charge in [-0.1, -0.05) is 83.9 Å². The predicted octanol–water partition coefficient (Wildman–Crippen LogP) is 5.01. The highest BCUT2D eigenvalue weighted by Crippen LogP contribution is 2.12. The van der Waals surface area contributed by atoms with Gasteiger partial charge in [0.05, 0.1) is 0 Å². The van der Waals surface area contributed by atoms with Crippen molar-refractivity contribution in [3.05, 3.63) is 106 Å². The first kappa shape index (κ1) is 19.8. The molecule has 0 N–H and O–H groups in total. The van der Waals surface area contributed by atoms with E-state index in [1.165, 1.54) is 11.1 Å². The van der Waals surface area contributed by atoms with E-state index in [0.29, 0.717) is 25.7 Å². The molecule has 28 heavy (non-hydrogen) atoms. The minimum Gasteiger partial charge on any atom is -0.299 e. The van der Waals surface area contributed by atoms with Crippen LogP contribution in [0, 0.1) is 13.8 Å². The SMILES string of the molecule is Cc1ccc(CC(=O)Cc2cccc(CC(=O)Cc3ccc(C)cc3)c2)cc1. The Bertz CT molecular complexity index is 874. The van der Waals surface area contributed by atoms with Crippen LogP contribution in [0.5, 0.6) is 0 Å². The van der Waals surface area contributed by atoms with Crippen molar-refractivity contribution in [1.82, 2.24) is 0 Å². The van der Waals surface area contributed by atoms with Crippen molar-refractivity contribution >= 4 is 11.6 Å². The van der Waals surface area contributed by atoms with Crippen LogP contribution in [0.25, 0.3) is 0 Å². The summed E-state index contributed by atoms with van der Waals surface area (Å²) in [5.41, 5.74) is 6.41. The molecule has 0 fully saturated rings. The van der Waals surface area contributed by atoms with Crippen LogP contribution in [0.15, 0.2) is 72.8 Å². The van der Waals surface area contributed by atoms with Gasteiger partial charge in [-0.2, -0.15) is 0 Å². The first-order valence-electron chi connectivity index (χ1n) is 9.70. The Morgan fingerprint density at radius 2 is 0.893 bits per heavy atom. The van der Waals surface area contributed by atoms with E-state index in [4.69, 9.17) is 0 Å². The Morgan fingerprint density at radius 1 is 0.536 bits per heavy atom. The zero-order valence-corrected chi connectivity index (χ0v) is 16.6. The highest BCUT2D eigenvalue weighted by Gasteiger charge is 2.09. The molecule has 0 aliphatic heterocycles. The fourth-order valence-electron chi connectivity index (χ4n) is 3.30. The summed E-state index contributed by atoms with van der Waals surface area (Å²) >= 11 is 0. The Morgan fingerprint density at radius 3 is 1.29 bits per heavy atom. The molecule has 0 atom stereocenters. The van der Waals surface area contributed by atoms with E-state index in [0.717, 1.165) is 22.3 Å². The van der Waals surface area contributed by atoms with Crippen LogP contribution in [-0.2, 0) is 35.3 Å². The number of hydrogen-bond donors (Lipinski definition) is 0. The first-order chi connectivity index (χ1) is 13.5. The fourth-order valence-corrected chi connectivity index (χ4v) is 3.30. The largest absolute Gasteiger partial charge is 0.299 e. The summed E-state index contributed by atoms with van der Waals surface area (Å²) < 4.78 is 0. The quantitative estimate of drug-likeness (QED) is 0.558. The van der Waals surface area contributed by atoms with E-state index in [1.807, 2.05) is 86.6 Å². The summed E-state index contributed by atoms with van der Waals surface area (Å²) in [4.78, 5) is 24.8. The lowest BCUT2D eigenvalue weighted by atomic mass is 9.98. The maximum absolute atomic E-state index is 12.4. The number of Topliss-reactive ketones (excluding diaryl/α,β-unsaturated/α-hetero) is 2. The predicted molar refractivity (Wildman–Crippen MR) is 114 cm³/mol. The van der Waals surface area contributed by atoms with Gasteiger partial charge in [-0.05, 0) is 36.1 Å². The minimum atomic E-state index is 0.187. The topological polar surface area (TPSA) is 34.1 Å². The van der Waals surface area contributed by atoms with Crippen molar-refractivity contribution in [2.24, 2.45) is 0 Å². The molecule has 2 nitrogen and oxygen atoms in total. The molecule has 0 aliphatic rings. The Kier molecular flexibility index (Phi) is 6.54. The van der Waals surface area contributed by atoms with Gasteiger partial charge >= 0.3 is 0 Å². The molecule has 142 valence electrons. The molecule has 0 spiro atoms. The zero-order valence-electron chi connectivity index (χ0n) is 16.6. The van der Waals surface area contributed by atoms with E-state index in [-0.39, 0.29) is 11.6 Å². The molecule has 0 unspecified atom stereocenters. The van der Waals surface area contributed by atoms with E-state index in [9.17, 15) is 9.59 Å². The van der Waals surface area contributed by atoms with Crippen molar-refractivity contribution in [2.45, 2.75) is 39.5 Å². The number of carbonyl (C=O) groups is 2. The lowest BCUT2D eigenvalue weighted by molar-refractivity contribution is -0.118. The monoisotopic (exact) mass is 370 g/mol. The molecule has 0 saturated heterocycles. The second-order valence-electron chi connectivity index (χ2n) is 7.58. The van der Waals surface area contributed by atoms with Crippen molar-refractivity contribution in [1.29, 1.82) is 0 Å². The van der Waals surface area contributed by atoms with Crippen LogP contribution in [-0.4, -0.2) is 11.6 Å². The Balaban J connectivity index is 1.57. The standard InChI is InChI=1S/C26H26O2/c1-19-6-10-21(11-7-19)15-25(27)17-23-4-3-5-24(14-23)18-26(28)16-22-12-8-20(2)9-13-22/h3-14H,15-18H2,1-2H3. The average Bonchev–Trinajstić information content (AvgIpc) is 2.66. The van der Waals surface area contributed by atoms with Gasteiger partial charge in [-0.15, -0.1) is 0 Å². The van der Waals surface area contributed by atoms with E-state index < -0.39 is 0 Å². The zero-order chi connectivity index (χ0) is 19.9. The van der Waals surface area contributed by atoms with Crippen LogP contribution in [0.2, 0.25) is 0 Å². The van der Waals surface area contributed by atoms with Gasteiger partial charge in [0.25, 0.3) is 0 Å². The number of carbonyl (C=O) groups excluding carboxylic acids is 2. The normalized spacial score (nSPS) is 10.6. The second-order valence-corrected chi connectivity index (χ2v) is 7.58. The molecule has 0 saturated carbocycles. The minimum absolute atomic E-state index is 0.187. The van der Waals surface area contributed by atoms with Gasteiger partial charge in [-0.3, -0.25) is 9.59 Å². The lowest BCUT2D eigenvalue weighted by Gasteiger charge is -2.06. The highest BCUT2D eigenvalue weighted by molar-refractivity contribution is 5.84. The van der Waals surface area contributed by atoms with Gasteiger partial charge in [0.1, 0.15) is 11.6 Å². The van der Waals surface area contributed by atoms with Gasteiger partial charge in [-0.25, -0.2) is 0 Å². The molecule has 3 rings (SSSR count). The third kappa shape index (κ3) is 6.02. The first-order valence-corrected chi connectivity index (χ1v) is 9.70. The van der Waals surface area contributed by atoms with Crippen molar-refractivity contribution < 1.29 is 9.59 Å². The van der Waals surface area contributed by atoms with Crippen molar-refractivity contribution in [3.8, 4) is 0 Å². The lowest BCUT2D eigenvalue weighted by Crippen LogP contribution is -2.09. The highest BCUT2D eigenvalue weighted by atomic mass is 16.1. The number of ketones is 2. The molecule has 0 aliphatic carbocycles. The van der Waals surface area contributed by atoms with E-state index in [2.05, 4.69) is 0 Å². The Labute approximate surface area is 167 Å². The molecule has 0 radical (unpaired) electrons. The number of aryl methyl sites for hydroxylation is 2. The molecule has 0 bridgehead atoms. The summed E-state index contributed by atoms with van der Waals surface area (Å²) in [6.45, 7) is 4.08. The number of benzene rings is 3. The third-order valence-electron chi connectivity index (χ3n) is 4.84. The summed E-state index contributed by atoms with van der Waals surface area (Å²) in [7, 11) is 0. The molecular formula is C26H26O2. The maximum Gasteiger partial charge on any atom is 0.141 e. The van der Waals surface area contributed by atoms with Crippen LogP contribution in [0.3, 0.4) is 0 Å². The summed E-state index contributed by atoms with van der Waals surface area (Å²) in [5.74, 6) is 0.374. The number of rotatable bonds is 8. The Hall–Kier alpha value is -3.00. The van der Waals surface area contributed by atoms with Crippen LogP contribution < -0.4 is 0 Å². The van der Waals surface area contributed by atoms with Crippen LogP contribution >= 0.6 is 0 Å². The van der Waals surface area contributed by atoms with E-state index >= 15 is 0 Å². The molecule has 0 amide bonds. The number of hydrogen-bond acceptors (Lipinski definition) is 2. The summed E-state index contributed by atoms with van der Waals surface area (Å²) in [6, 6.07) is 24.0. The molecular weight excluding hydrogens is 344 g/mol. The van der Waals surface area contributed by atoms with Crippen LogP contribution in [0.1, 0.15) is 33.4 Å². The summed E-state index contributed by atoms with van der Waals surface area (Å²) in [6.07, 6.45) is 1.68. The van der Waals surface area contributed by atoms with Gasteiger partial charge < -0.3 is 0 Å². The van der Waals surface area contributed by atoms with Crippen LogP contribution in [0.4, 0.5) is 0 Å². The molecule has 0 aromatic heterocycles. The van der Waals surface area contributed by atoms with E-state index in [1.54, 1.807) is 0 Å². The van der Waals surface area contributed by atoms with Crippen molar-refractivity contribution in [3.63, 3.8) is 0 Å². The smallest absolute Gasteiger partial charge is 0.141 e. The van der Waals surface area contributed by atoms with Gasteiger partial charge in [0.15, 0.2) is 0 Å². The second kappa shape index (κ2) is 9.27. The van der Waals surface area contributed by atoms with Gasteiger partial charge in [0.2, 0.25) is 0 Å². The molecule has 3 aromatic rings. The van der Waals surface area contributed by atoms with Gasteiger partial charge in [0, 0.05) is 25.7 Å². The summed E-state index contributed by atoms with van der Waals surface area (Å²) in [5, 5.41) is 0. The fraction of sp³-hybridized carbons (Fsp3) is 0.231.